The molecule has 0 atom stereocenters. The summed E-state index contributed by atoms with van der Waals surface area (Å²) in [7, 11) is 0. The molecule has 1 aromatic carbocycles. The number of rotatable bonds is 6. The minimum atomic E-state index is 0.0515. The normalized spacial score (nSPS) is 16.3. The molecule has 7 heteroatoms. The van der Waals surface area contributed by atoms with Gasteiger partial charge < -0.3 is 19.7 Å². The molecule has 1 fully saturated rings. The van der Waals surface area contributed by atoms with Gasteiger partial charge in [0.1, 0.15) is 5.82 Å². The van der Waals surface area contributed by atoms with Gasteiger partial charge in [0, 0.05) is 45.5 Å². The second-order valence-corrected chi connectivity index (χ2v) is 7.96. The third kappa shape index (κ3) is 4.79. The van der Waals surface area contributed by atoms with Crippen LogP contribution in [-0.2, 0) is 6.54 Å². The summed E-state index contributed by atoms with van der Waals surface area (Å²) < 4.78 is 10.8. The summed E-state index contributed by atoms with van der Waals surface area (Å²) in [5.74, 6) is 3.03. The number of aromatic nitrogens is 1. The van der Waals surface area contributed by atoms with Crippen LogP contribution in [0.25, 0.3) is 0 Å². The number of anilines is 1. The first kappa shape index (κ1) is 19.5. The fourth-order valence-electron chi connectivity index (χ4n) is 3.52. The molecular formula is C22H28N4O3. The van der Waals surface area contributed by atoms with Gasteiger partial charge in [0.25, 0.3) is 5.91 Å². The monoisotopic (exact) mass is 396 g/mol. The summed E-state index contributed by atoms with van der Waals surface area (Å²) in [5.41, 5.74) is 1.84. The molecule has 2 aromatic rings. The van der Waals surface area contributed by atoms with Crippen molar-refractivity contribution in [1.82, 2.24) is 14.8 Å². The van der Waals surface area contributed by atoms with E-state index >= 15 is 0 Å². The van der Waals surface area contributed by atoms with Gasteiger partial charge in [-0.15, -0.1) is 0 Å². The van der Waals surface area contributed by atoms with E-state index in [1.54, 1.807) is 6.20 Å². The molecule has 0 unspecified atom stereocenters. The van der Waals surface area contributed by atoms with Gasteiger partial charge in [-0.25, -0.2) is 4.98 Å². The lowest BCUT2D eigenvalue weighted by Gasteiger charge is -2.34. The summed E-state index contributed by atoms with van der Waals surface area (Å²) in [6.45, 7) is 9.44. The SMILES string of the molecule is CC(C)CNc1ccc(C(=O)N2CCN(Cc3ccc4c(c3)OCO4)CC2)cn1. The number of hydrogen-bond donors (Lipinski definition) is 1. The Balaban J connectivity index is 1.28. The van der Waals surface area contributed by atoms with Crippen molar-refractivity contribution in [2.75, 3.05) is 44.8 Å². The molecule has 2 aliphatic heterocycles. The molecule has 1 saturated heterocycles. The molecule has 154 valence electrons. The molecule has 0 aliphatic carbocycles. The number of carbonyl (C=O) groups excluding carboxylic acids is 1. The predicted octanol–water partition coefficient (Wildman–Crippen LogP) is 2.84. The van der Waals surface area contributed by atoms with Crippen LogP contribution in [0.3, 0.4) is 0 Å². The predicted molar refractivity (Wildman–Crippen MR) is 111 cm³/mol. The second-order valence-electron chi connectivity index (χ2n) is 7.96. The zero-order valence-corrected chi connectivity index (χ0v) is 17.1. The molecular weight excluding hydrogens is 368 g/mol. The third-order valence-corrected chi connectivity index (χ3v) is 5.20. The maximum Gasteiger partial charge on any atom is 0.255 e. The van der Waals surface area contributed by atoms with Crippen molar-refractivity contribution in [3.63, 3.8) is 0 Å². The molecule has 4 rings (SSSR count). The Labute approximate surface area is 171 Å². The van der Waals surface area contributed by atoms with Crippen LogP contribution in [-0.4, -0.2) is 60.2 Å². The first-order valence-corrected chi connectivity index (χ1v) is 10.2. The van der Waals surface area contributed by atoms with Crippen molar-refractivity contribution in [1.29, 1.82) is 0 Å². The number of ether oxygens (including phenoxy) is 2. The Morgan fingerprint density at radius 3 is 2.62 bits per heavy atom. The van der Waals surface area contributed by atoms with Gasteiger partial charge in [0.05, 0.1) is 5.56 Å². The van der Waals surface area contributed by atoms with Crippen LogP contribution in [0.15, 0.2) is 36.5 Å². The van der Waals surface area contributed by atoms with Crippen molar-refractivity contribution < 1.29 is 14.3 Å². The van der Waals surface area contributed by atoms with Crippen LogP contribution in [0.1, 0.15) is 29.8 Å². The lowest BCUT2D eigenvalue weighted by Crippen LogP contribution is -2.48. The Morgan fingerprint density at radius 2 is 1.90 bits per heavy atom. The van der Waals surface area contributed by atoms with E-state index in [1.807, 2.05) is 29.2 Å². The number of amides is 1. The van der Waals surface area contributed by atoms with Gasteiger partial charge >= 0.3 is 0 Å². The summed E-state index contributed by atoms with van der Waals surface area (Å²) in [5, 5.41) is 3.27. The standard InChI is InChI=1S/C22H28N4O3/c1-16(2)12-23-21-6-4-18(13-24-21)22(27)26-9-7-25(8-10-26)14-17-3-5-19-20(11-17)29-15-28-19/h3-6,11,13,16H,7-10,12,14-15H2,1-2H3,(H,23,24). The number of pyridine rings is 1. The summed E-state index contributed by atoms with van der Waals surface area (Å²) in [4.78, 5) is 21.4. The van der Waals surface area contributed by atoms with Crippen molar-refractivity contribution in [3.05, 3.63) is 47.7 Å². The van der Waals surface area contributed by atoms with Crippen LogP contribution in [0, 0.1) is 5.92 Å². The molecule has 2 aliphatic rings. The number of fused-ring (bicyclic) bond motifs is 1. The van der Waals surface area contributed by atoms with E-state index in [1.165, 1.54) is 5.56 Å². The molecule has 0 radical (unpaired) electrons. The highest BCUT2D eigenvalue weighted by Gasteiger charge is 2.23. The lowest BCUT2D eigenvalue weighted by molar-refractivity contribution is 0.0628. The maximum atomic E-state index is 12.8. The van der Waals surface area contributed by atoms with Gasteiger partial charge in [-0.2, -0.15) is 0 Å². The topological polar surface area (TPSA) is 66.9 Å². The Morgan fingerprint density at radius 1 is 1.10 bits per heavy atom. The Kier molecular flexibility index (Phi) is 5.85. The van der Waals surface area contributed by atoms with Gasteiger partial charge in [0.2, 0.25) is 6.79 Å². The smallest absolute Gasteiger partial charge is 0.255 e. The molecule has 0 bridgehead atoms. The van der Waals surface area contributed by atoms with Crippen LogP contribution in [0.2, 0.25) is 0 Å². The molecule has 1 amide bonds. The highest BCUT2D eigenvalue weighted by molar-refractivity contribution is 5.94. The van der Waals surface area contributed by atoms with Crippen LogP contribution >= 0.6 is 0 Å². The number of carbonyl (C=O) groups is 1. The van der Waals surface area contributed by atoms with Crippen molar-refractivity contribution in [3.8, 4) is 11.5 Å². The summed E-state index contributed by atoms with van der Waals surface area (Å²) in [6, 6.07) is 9.82. The summed E-state index contributed by atoms with van der Waals surface area (Å²) >= 11 is 0. The zero-order chi connectivity index (χ0) is 20.2. The molecule has 0 saturated carbocycles. The Bertz CT molecular complexity index is 846. The molecule has 7 nitrogen and oxygen atoms in total. The average Bonchev–Trinajstić information content (AvgIpc) is 3.20. The van der Waals surface area contributed by atoms with E-state index in [-0.39, 0.29) is 5.91 Å². The van der Waals surface area contributed by atoms with Crippen molar-refractivity contribution in [2.24, 2.45) is 5.92 Å². The number of hydrogen-bond acceptors (Lipinski definition) is 6. The van der Waals surface area contributed by atoms with Gasteiger partial charge in [0.15, 0.2) is 11.5 Å². The Hall–Kier alpha value is -2.80. The van der Waals surface area contributed by atoms with Crippen molar-refractivity contribution in [2.45, 2.75) is 20.4 Å². The quantitative estimate of drug-likeness (QED) is 0.810. The maximum absolute atomic E-state index is 12.8. The number of nitrogens with one attached hydrogen (secondary N) is 1. The molecule has 1 N–H and O–H groups in total. The molecule has 1 aromatic heterocycles. The van der Waals surface area contributed by atoms with E-state index in [2.05, 4.69) is 35.1 Å². The van der Waals surface area contributed by atoms with Crippen LogP contribution < -0.4 is 14.8 Å². The lowest BCUT2D eigenvalue weighted by atomic mass is 10.1. The molecule has 0 spiro atoms. The minimum Gasteiger partial charge on any atom is -0.454 e. The highest BCUT2D eigenvalue weighted by Crippen LogP contribution is 2.32. The van der Waals surface area contributed by atoms with Crippen LogP contribution in [0.4, 0.5) is 5.82 Å². The van der Waals surface area contributed by atoms with E-state index in [4.69, 9.17) is 9.47 Å². The first-order chi connectivity index (χ1) is 14.1. The zero-order valence-electron chi connectivity index (χ0n) is 17.1. The molecule has 3 heterocycles. The largest absolute Gasteiger partial charge is 0.454 e. The van der Waals surface area contributed by atoms with E-state index in [9.17, 15) is 4.79 Å². The number of benzene rings is 1. The highest BCUT2D eigenvalue weighted by atomic mass is 16.7. The van der Waals surface area contributed by atoms with Crippen molar-refractivity contribution >= 4 is 11.7 Å². The van der Waals surface area contributed by atoms with Gasteiger partial charge in [-0.3, -0.25) is 9.69 Å². The molecule has 29 heavy (non-hydrogen) atoms. The second kappa shape index (κ2) is 8.69. The number of nitrogens with zero attached hydrogens (tertiary/aromatic N) is 3. The van der Waals surface area contributed by atoms with E-state index in [0.717, 1.165) is 56.6 Å². The fourth-order valence-corrected chi connectivity index (χ4v) is 3.52. The van der Waals surface area contributed by atoms with E-state index < -0.39 is 0 Å². The van der Waals surface area contributed by atoms with E-state index in [0.29, 0.717) is 18.3 Å². The number of piperazine rings is 1. The average molecular weight is 396 g/mol. The van der Waals surface area contributed by atoms with Gasteiger partial charge in [-0.05, 0) is 35.7 Å². The fraction of sp³-hybridized carbons (Fsp3) is 0.455. The van der Waals surface area contributed by atoms with Gasteiger partial charge in [-0.1, -0.05) is 19.9 Å². The third-order valence-electron chi connectivity index (χ3n) is 5.20. The first-order valence-electron chi connectivity index (χ1n) is 10.2. The minimum absolute atomic E-state index is 0.0515. The van der Waals surface area contributed by atoms with Crippen LogP contribution in [0.5, 0.6) is 11.5 Å². The summed E-state index contributed by atoms with van der Waals surface area (Å²) in [6.07, 6.45) is 1.67.